The Morgan fingerprint density at radius 3 is 2.30 bits per heavy atom. The molecule has 180 valence electrons. The highest BCUT2D eigenvalue weighted by molar-refractivity contribution is 7.92. The Labute approximate surface area is 200 Å². The van der Waals surface area contributed by atoms with Gasteiger partial charge in [0.05, 0.1) is 19.1 Å². The van der Waals surface area contributed by atoms with Gasteiger partial charge in [0, 0.05) is 18.1 Å². The average molecular weight is 496 g/mol. The van der Waals surface area contributed by atoms with E-state index in [1.54, 1.807) is 62.4 Å². The van der Waals surface area contributed by atoms with E-state index in [1.807, 2.05) is 0 Å². The quantitative estimate of drug-likeness (QED) is 0.517. The smallest absolute Gasteiger partial charge is 0.244 e. The number of sulfonamides is 1. The van der Waals surface area contributed by atoms with Gasteiger partial charge in [0.2, 0.25) is 21.8 Å². The maximum Gasteiger partial charge on any atom is 0.244 e. The van der Waals surface area contributed by atoms with Gasteiger partial charge in [-0.1, -0.05) is 48.9 Å². The third kappa shape index (κ3) is 6.85. The number of hydrogen-bond donors (Lipinski definition) is 1. The third-order valence-electron chi connectivity index (χ3n) is 5.07. The van der Waals surface area contributed by atoms with Gasteiger partial charge in [-0.2, -0.15) is 0 Å². The van der Waals surface area contributed by atoms with Gasteiger partial charge in [-0.05, 0) is 37.1 Å². The zero-order chi connectivity index (χ0) is 24.6. The van der Waals surface area contributed by atoms with Crippen LogP contribution in [0.4, 0.5) is 5.69 Å². The molecule has 0 saturated carbocycles. The summed E-state index contributed by atoms with van der Waals surface area (Å²) < 4.78 is 31.6. The second-order valence-corrected chi connectivity index (χ2v) is 9.69. The van der Waals surface area contributed by atoms with Crippen molar-refractivity contribution in [3.05, 3.63) is 59.1 Å². The van der Waals surface area contributed by atoms with Crippen LogP contribution in [0.15, 0.2) is 48.5 Å². The van der Waals surface area contributed by atoms with Gasteiger partial charge in [0.15, 0.2) is 0 Å². The summed E-state index contributed by atoms with van der Waals surface area (Å²) in [6.07, 6.45) is 1.36. The number of amides is 2. The van der Waals surface area contributed by atoms with Crippen molar-refractivity contribution in [2.75, 3.05) is 30.8 Å². The number of nitrogens with one attached hydrogen (secondary N) is 1. The Morgan fingerprint density at radius 2 is 1.73 bits per heavy atom. The summed E-state index contributed by atoms with van der Waals surface area (Å²) in [5.41, 5.74) is 0.887. The van der Waals surface area contributed by atoms with Crippen LogP contribution in [-0.2, 0) is 26.2 Å². The predicted molar refractivity (Wildman–Crippen MR) is 130 cm³/mol. The minimum atomic E-state index is -3.84. The van der Waals surface area contributed by atoms with Crippen LogP contribution >= 0.6 is 11.6 Å². The molecule has 2 amide bonds. The van der Waals surface area contributed by atoms with Crippen molar-refractivity contribution in [2.24, 2.45) is 0 Å². The first kappa shape index (κ1) is 26.5. The highest BCUT2D eigenvalue weighted by Crippen LogP contribution is 2.30. The van der Waals surface area contributed by atoms with Crippen LogP contribution in [0.2, 0.25) is 5.02 Å². The molecule has 0 radical (unpaired) electrons. The number of para-hydroxylation sites is 2. The van der Waals surface area contributed by atoms with E-state index in [4.69, 9.17) is 16.3 Å². The minimum Gasteiger partial charge on any atom is -0.495 e. The molecule has 0 fully saturated rings. The van der Waals surface area contributed by atoms with Crippen LogP contribution in [0.5, 0.6) is 5.75 Å². The fourth-order valence-electron chi connectivity index (χ4n) is 3.45. The van der Waals surface area contributed by atoms with Crippen molar-refractivity contribution in [1.29, 1.82) is 0 Å². The van der Waals surface area contributed by atoms with Crippen LogP contribution < -0.4 is 14.4 Å². The number of halogens is 1. The zero-order valence-electron chi connectivity index (χ0n) is 19.2. The second-order valence-electron chi connectivity index (χ2n) is 7.37. The monoisotopic (exact) mass is 495 g/mol. The Kier molecular flexibility index (Phi) is 9.55. The number of hydrogen-bond acceptors (Lipinski definition) is 5. The lowest BCUT2D eigenvalue weighted by Gasteiger charge is -2.33. The molecule has 0 saturated heterocycles. The first-order chi connectivity index (χ1) is 15.6. The number of methoxy groups -OCH3 is 1. The molecule has 0 unspecified atom stereocenters. The van der Waals surface area contributed by atoms with Crippen molar-refractivity contribution in [3.8, 4) is 5.75 Å². The fourth-order valence-corrected chi connectivity index (χ4v) is 4.50. The molecule has 2 aromatic rings. The molecule has 0 heterocycles. The van der Waals surface area contributed by atoms with Gasteiger partial charge in [-0.25, -0.2) is 8.42 Å². The maximum absolute atomic E-state index is 13.6. The Balaban J connectivity index is 2.48. The zero-order valence-corrected chi connectivity index (χ0v) is 20.8. The van der Waals surface area contributed by atoms with E-state index < -0.39 is 28.5 Å². The van der Waals surface area contributed by atoms with E-state index in [9.17, 15) is 18.0 Å². The van der Waals surface area contributed by atoms with Gasteiger partial charge < -0.3 is 15.0 Å². The van der Waals surface area contributed by atoms with Crippen LogP contribution in [0.1, 0.15) is 25.8 Å². The van der Waals surface area contributed by atoms with Crippen molar-refractivity contribution < 1.29 is 22.7 Å². The SMILES string of the molecule is CCNC(=O)[C@H](CC)N(Cc1ccccc1Cl)C(=O)CN(c1ccccc1OC)S(C)(=O)=O. The summed E-state index contributed by atoms with van der Waals surface area (Å²) in [5.74, 6) is -0.544. The van der Waals surface area contributed by atoms with Gasteiger partial charge in [0.1, 0.15) is 18.3 Å². The molecule has 0 aliphatic carbocycles. The molecule has 33 heavy (non-hydrogen) atoms. The number of rotatable bonds is 11. The van der Waals surface area contributed by atoms with E-state index in [0.717, 1.165) is 10.6 Å². The highest BCUT2D eigenvalue weighted by Gasteiger charge is 2.32. The lowest BCUT2D eigenvalue weighted by atomic mass is 10.1. The van der Waals surface area contributed by atoms with E-state index in [0.29, 0.717) is 29.3 Å². The number of anilines is 1. The topological polar surface area (TPSA) is 96.0 Å². The van der Waals surface area contributed by atoms with E-state index in [-0.39, 0.29) is 18.1 Å². The van der Waals surface area contributed by atoms with Gasteiger partial charge in [-0.3, -0.25) is 13.9 Å². The van der Waals surface area contributed by atoms with Crippen LogP contribution in [-0.4, -0.2) is 57.6 Å². The van der Waals surface area contributed by atoms with E-state index in [1.165, 1.54) is 12.0 Å². The van der Waals surface area contributed by atoms with Crippen molar-refractivity contribution in [1.82, 2.24) is 10.2 Å². The molecule has 2 aromatic carbocycles. The molecular formula is C23H30ClN3O5S. The molecule has 10 heteroatoms. The number of nitrogens with zero attached hydrogens (tertiary/aromatic N) is 2. The fraction of sp³-hybridized carbons (Fsp3) is 0.391. The standard InChI is InChI=1S/C23H30ClN3O5S/c1-5-19(23(29)25-6-2)26(15-17-11-7-8-12-18(17)24)22(28)16-27(33(4,30)31)20-13-9-10-14-21(20)32-3/h7-14,19H,5-6,15-16H2,1-4H3,(H,25,29)/t19-/m0/s1. The summed E-state index contributed by atoms with van der Waals surface area (Å²) in [5, 5.41) is 3.20. The molecule has 0 spiro atoms. The average Bonchev–Trinajstić information content (AvgIpc) is 2.77. The Hall–Kier alpha value is -2.78. The number of likely N-dealkylation sites (N-methyl/N-ethyl adjacent to an activating group) is 1. The summed E-state index contributed by atoms with van der Waals surface area (Å²) in [6, 6.07) is 12.8. The Morgan fingerprint density at radius 1 is 1.09 bits per heavy atom. The molecule has 0 aliphatic rings. The number of carbonyl (C=O) groups is 2. The number of carbonyl (C=O) groups excluding carboxylic acids is 2. The summed E-state index contributed by atoms with van der Waals surface area (Å²) in [4.78, 5) is 27.7. The van der Waals surface area contributed by atoms with Crippen LogP contribution in [0, 0.1) is 0 Å². The van der Waals surface area contributed by atoms with Crippen LogP contribution in [0.25, 0.3) is 0 Å². The molecule has 0 aliphatic heterocycles. The summed E-state index contributed by atoms with van der Waals surface area (Å²) in [6.45, 7) is 3.54. The Bertz CT molecular complexity index is 1080. The van der Waals surface area contributed by atoms with E-state index in [2.05, 4.69) is 5.32 Å². The highest BCUT2D eigenvalue weighted by atomic mass is 35.5. The van der Waals surface area contributed by atoms with Crippen LogP contribution in [0.3, 0.4) is 0 Å². The number of benzene rings is 2. The maximum atomic E-state index is 13.6. The summed E-state index contributed by atoms with van der Waals surface area (Å²) in [7, 11) is -2.42. The number of ether oxygens (including phenoxy) is 1. The molecule has 2 rings (SSSR count). The predicted octanol–water partition coefficient (Wildman–Crippen LogP) is 3.06. The lowest BCUT2D eigenvalue weighted by Crippen LogP contribution is -2.52. The second kappa shape index (κ2) is 11.9. The summed E-state index contributed by atoms with van der Waals surface area (Å²) >= 11 is 6.31. The lowest BCUT2D eigenvalue weighted by molar-refractivity contribution is -0.140. The van der Waals surface area contributed by atoms with Crippen molar-refractivity contribution in [3.63, 3.8) is 0 Å². The first-order valence-electron chi connectivity index (χ1n) is 10.5. The molecular weight excluding hydrogens is 466 g/mol. The normalized spacial score (nSPS) is 12.0. The molecule has 0 aromatic heterocycles. The van der Waals surface area contributed by atoms with Gasteiger partial charge >= 0.3 is 0 Å². The van der Waals surface area contributed by atoms with Crippen molar-refractivity contribution in [2.45, 2.75) is 32.9 Å². The third-order valence-corrected chi connectivity index (χ3v) is 6.56. The minimum absolute atomic E-state index is 0.0532. The molecule has 0 bridgehead atoms. The molecule has 8 nitrogen and oxygen atoms in total. The van der Waals surface area contributed by atoms with E-state index >= 15 is 0 Å². The first-order valence-corrected chi connectivity index (χ1v) is 12.8. The largest absolute Gasteiger partial charge is 0.495 e. The molecule has 1 atom stereocenters. The van der Waals surface area contributed by atoms with Gasteiger partial charge in [0.25, 0.3) is 0 Å². The van der Waals surface area contributed by atoms with Crippen molar-refractivity contribution >= 4 is 39.1 Å². The molecule has 1 N–H and O–H groups in total. The van der Waals surface area contributed by atoms with Gasteiger partial charge in [-0.15, -0.1) is 0 Å².